The Morgan fingerprint density at radius 1 is 1.38 bits per heavy atom. The summed E-state index contributed by atoms with van der Waals surface area (Å²) in [5.41, 5.74) is 0. The van der Waals surface area contributed by atoms with E-state index in [0.717, 1.165) is 0 Å². The van der Waals surface area contributed by atoms with Crippen LogP contribution in [0.5, 0.6) is 0 Å². The summed E-state index contributed by atoms with van der Waals surface area (Å²) >= 11 is 0. The zero-order valence-corrected chi connectivity index (χ0v) is 14.2. The second-order valence-electron chi connectivity index (χ2n) is 5.98. The van der Waals surface area contributed by atoms with Gasteiger partial charge in [-0.05, 0) is 33.6 Å². The van der Waals surface area contributed by atoms with E-state index < -0.39 is 18.1 Å². The summed E-state index contributed by atoms with van der Waals surface area (Å²) in [4.78, 5) is 13.9. The Labute approximate surface area is 139 Å². The number of rotatable bonds is 6. The Balaban J connectivity index is 2.05. The van der Waals surface area contributed by atoms with Gasteiger partial charge in [0.1, 0.15) is 17.6 Å². The molecule has 0 spiro atoms. The summed E-state index contributed by atoms with van der Waals surface area (Å²) in [5.74, 6) is -1.17. The number of alkyl halides is 3. The number of fused-ring (bicyclic) bond motifs is 1. The molecule has 6 nitrogen and oxygen atoms in total. The van der Waals surface area contributed by atoms with Gasteiger partial charge in [0.25, 0.3) is 0 Å². The van der Waals surface area contributed by atoms with Crippen LogP contribution in [0.25, 0.3) is 0 Å². The molecule has 0 saturated heterocycles. The third-order valence-corrected chi connectivity index (χ3v) is 4.45. The van der Waals surface area contributed by atoms with Gasteiger partial charge in [-0.25, -0.2) is 0 Å². The molecule has 2 rings (SSSR count). The number of hydrogen-bond acceptors (Lipinski definition) is 4. The monoisotopic (exact) mass is 347 g/mol. The lowest BCUT2D eigenvalue weighted by atomic mass is 9.98. The molecule has 0 unspecified atom stereocenters. The first kappa shape index (κ1) is 18.7. The van der Waals surface area contributed by atoms with Crippen molar-refractivity contribution in [3.05, 3.63) is 11.6 Å². The first-order valence-electron chi connectivity index (χ1n) is 8.30. The summed E-state index contributed by atoms with van der Waals surface area (Å²) in [7, 11) is 0. The molecule has 1 aromatic rings. The molecule has 2 heterocycles. The fourth-order valence-electron chi connectivity index (χ4n) is 3.01. The van der Waals surface area contributed by atoms with Crippen molar-refractivity contribution in [2.75, 3.05) is 13.1 Å². The van der Waals surface area contributed by atoms with Gasteiger partial charge >= 0.3 is 6.18 Å². The molecule has 24 heavy (non-hydrogen) atoms. The fraction of sp³-hybridized carbons (Fsp3) is 0.800. The van der Waals surface area contributed by atoms with Crippen molar-refractivity contribution in [3.63, 3.8) is 0 Å². The van der Waals surface area contributed by atoms with Gasteiger partial charge in [-0.15, -0.1) is 10.2 Å². The smallest absolute Gasteiger partial charge is 0.342 e. The van der Waals surface area contributed by atoms with E-state index in [2.05, 4.69) is 15.5 Å². The maximum Gasteiger partial charge on any atom is 0.398 e. The maximum atomic E-state index is 13.1. The zero-order valence-electron chi connectivity index (χ0n) is 14.2. The third kappa shape index (κ3) is 3.88. The van der Waals surface area contributed by atoms with E-state index in [1.165, 1.54) is 4.57 Å². The molecule has 0 bridgehead atoms. The van der Waals surface area contributed by atoms with Gasteiger partial charge in [0.15, 0.2) is 0 Å². The van der Waals surface area contributed by atoms with Gasteiger partial charge in [-0.3, -0.25) is 10.1 Å². The predicted octanol–water partition coefficient (Wildman–Crippen LogP) is 2.06. The van der Waals surface area contributed by atoms with E-state index in [-0.39, 0.29) is 24.7 Å². The van der Waals surface area contributed by atoms with E-state index >= 15 is 0 Å². The molecule has 1 aliphatic rings. The molecule has 1 N–H and O–H groups in total. The lowest BCUT2D eigenvalue weighted by Gasteiger charge is -2.26. The molecule has 2 atom stereocenters. The normalized spacial score (nSPS) is 19.0. The number of carbonyl (C=O) groups is 1. The first-order valence-corrected chi connectivity index (χ1v) is 8.30. The van der Waals surface area contributed by atoms with E-state index in [1.54, 1.807) is 11.8 Å². The van der Waals surface area contributed by atoms with Gasteiger partial charge in [-0.1, -0.05) is 0 Å². The maximum absolute atomic E-state index is 13.1. The van der Waals surface area contributed by atoms with Gasteiger partial charge < -0.3 is 9.47 Å². The Morgan fingerprint density at radius 3 is 2.62 bits per heavy atom. The van der Waals surface area contributed by atoms with E-state index in [0.29, 0.717) is 31.9 Å². The molecule has 1 aliphatic heterocycles. The number of hydrogen-bond donors (Lipinski definition) is 1. The SMILES string of the molecule is CCN(CC)C(=O)[C@H](C)NCc1nnc2n1CCC[C@@H]2C(F)(F)F. The quantitative estimate of drug-likeness (QED) is 0.856. The molecule has 1 amide bonds. The van der Waals surface area contributed by atoms with E-state index in [9.17, 15) is 18.0 Å². The standard InChI is InChI=1S/C15H24F3N5O/c1-4-22(5-2)14(24)10(3)19-9-12-20-21-13-11(15(16,17)18)7-6-8-23(12)13/h10-11,19H,4-9H2,1-3H3/t10-,11-/m0/s1. The second kappa shape index (κ2) is 7.50. The molecule has 0 saturated carbocycles. The molecular formula is C15H24F3N5O. The van der Waals surface area contributed by atoms with Crippen LogP contribution in [0.2, 0.25) is 0 Å². The highest BCUT2D eigenvalue weighted by Crippen LogP contribution is 2.40. The van der Waals surface area contributed by atoms with Gasteiger partial charge in [0.2, 0.25) is 5.91 Å². The van der Waals surface area contributed by atoms with Crippen LogP contribution in [-0.4, -0.2) is 50.9 Å². The van der Waals surface area contributed by atoms with Gasteiger partial charge in [0.05, 0.1) is 12.6 Å². The Hall–Kier alpha value is -1.64. The number of carbonyl (C=O) groups excluding carboxylic acids is 1. The third-order valence-electron chi connectivity index (χ3n) is 4.45. The summed E-state index contributed by atoms with van der Waals surface area (Å²) in [6.07, 6.45) is -3.82. The second-order valence-corrected chi connectivity index (χ2v) is 5.98. The zero-order chi connectivity index (χ0) is 17.9. The van der Waals surface area contributed by atoms with Crippen LogP contribution in [0.4, 0.5) is 13.2 Å². The van der Waals surface area contributed by atoms with Crippen molar-refractivity contribution in [2.45, 2.75) is 64.8 Å². The highest BCUT2D eigenvalue weighted by Gasteiger charge is 2.45. The molecule has 136 valence electrons. The lowest BCUT2D eigenvalue weighted by molar-refractivity contribution is -0.156. The van der Waals surface area contributed by atoms with Crippen molar-refractivity contribution < 1.29 is 18.0 Å². The Morgan fingerprint density at radius 2 is 2.04 bits per heavy atom. The molecular weight excluding hydrogens is 323 g/mol. The van der Waals surface area contributed by atoms with E-state index in [1.807, 2.05) is 13.8 Å². The first-order chi connectivity index (χ1) is 11.3. The topological polar surface area (TPSA) is 63.1 Å². The van der Waals surface area contributed by atoms with Gasteiger partial charge in [0, 0.05) is 19.6 Å². The highest BCUT2D eigenvalue weighted by molar-refractivity contribution is 5.81. The average molecular weight is 347 g/mol. The predicted molar refractivity (Wildman–Crippen MR) is 82.3 cm³/mol. The fourth-order valence-corrected chi connectivity index (χ4v) is 3.01. The summed E-state index contributed by atoms with van der Waals surface area (Å²) in [6.45, 7) is 7.48. The minimum absolute atomic E-state index is 0.0201. The Kier molecular flexibility index (Phi) is 5.84. The highest BCUT2D eigenvalue weighted by atomic mass is 19.4. The van der Waals surface area contributed by atoms with Crippen LogP contribution in [0.3, 0.4) is 0 Å². The van der Waals surface area contributed by atoms with Crippen LogP contribution in [0.15, 0.2) is 0 Å². The summed E-state index contributed by atoms with van der Waals surface area (Å²) in [5, 5.41) is 10.7. The van der Waals surface area contributed by atoms with Crippen molar-refractivity contribution in [2.24, 2.45) is 0 Å². The van der Waals surface area contributed by atoms with Crippen LogP contribution >= 0.6 is 0 Å². The van der Waals surface area contributed by atoms with Crippen LogP contribution in [-0.2, 0) is 17.9 Å². The number of aromatic nitrogens is 3. The number of amides is 1. The van der Waals surface area contributed by atoms with Crippen molar-refractivity contribution in [1.29, 1.82) is 0 Å². The lowest BCUT2D eigenvalue weighted by Crippen LogP contribution is -2.44. The number of halogens is 3. The molecule has 0 aliphatic carbocycles. The number of nitrogens with zero attached hydrogens (tertiary/aromatic N) is 4. The minimum Gasteiger partial charge on any atom is -0.342 e. The molecule has 9 heteroatoms. The number of likely N-dealkylation sites (N-methyl/N-ethyl adjacent to an activating group) is 1. The van der Waals surface area contributed by atoms with Crippen LogP contribution in [0.1, 0.15) is 51.2 Å². The Bertz CT molecular complexity index is 568. The van der Waals surface area contributed by atoms with Crippen LogP contribution in [0, 0.1) is 0 Å². The van der Waals surface area contributed by atoms with Crippen molar-refractivity contribution in [3.8, 4) is 0 Å². The number of nitrogens with one attached hydrogen (secondary N) is 1. The summed E-state index contributed by atoms with van der Waals surface area (Å²) in [6, 6.07) is -0.431. The molecule has 0 aromatic carbocycles. The minimum atomic E-state index is -4.30. The van der Waals surface area contributed by atoms with Crippen molar-refractivity contribution in [1.82, 2.24) is 25.0 Å². The van der Waals surface area contributed by atoms with E-state index in [4.69, 9.17) is 0 Å². The largest absolute Gasteiger partial charge is 0.398 e. The average Bonchev–Trinajstić information content (AvgIpc) is 2.95. The van der Waals surface area contributed by atoms with Gasteiger partial charge in [-0.2, -0.15) is 13.2 Å². The van der Waals surface area contributed by atoms with Crippen molar-refractivity contribution >= 4 is 5.91 Å². The van der Waals surface area contributed by atoms with Crippen LogP contribution < -0.4 is 5.32 Å². The molecule has 1 aromatic heterocycles. The molecule has 0 fully saturated rings. The molecule has 0 radical (unpaired) electrons. The summed E-state index contributed by atoms with van der Waals surface area (Å²) < 4.78 is 40.7.